The number of rotatable bonds is 3. The van der Waals surface area contributed by atoms with Crippen molar-refractivity contribution in [1.82, 2.24) is 4.98 Å². The minimum atomic E-state index is -0.600. The smallest absolute Gasteiger partial charge is 0.284 e. The molecule has 0 aliphatic heterocycles. The van der Waals surface area contributed by atoms with Crippen LogP contribution in [0.15, 0.2) is 41.0 Å². The predicted molar refractivity (Wildman–Crippen MR) is 72.9 cm³/mol. The van der Waals surface area contributed by atoms with Gasteiger partial charge in [-0.2, -0.15) is 0 Å². The Kier molecular flexibility index (Phi) is 4.04. The van der Waals surface area contributed by atoms with Crippen LogP contribution >= 0.6 is 15.9 Å². The fraction of sp³-hybridized carbons (Fsp3) is 0. The fourth-order valence-corrected chi connectivity index (χ4v) is 1.82. The normalized spacial score (nSPS) is 10.1. The van der Waals surface area contributed by atoms with Crippen molar-refractivity contribution >= 4 is 33.3 Å². The Morgan fingerprint density at radius 2 is 2.10 bits per heavy atom. The van der Waals surface area contributed by atoms with E-state index in [1.165, 1.54) is 18.2 Å². The SMILES string of the molecule is O=C(Nc1ccc(F)cn1)c1ccc(Br)c([N+](=O)[O-])c1. The lowest BCUT2D eigenvalue weighted by Crippen LogP contribution is -2.13. The van der Waals surface area contributed by atoms with Gasteiger partial charge in [-0.25, -0.2) is 9.37 Å². The molecule has 2 rings (SSSR count). The van der Waals surface area contributed by atoms with Crippen LogP contribution in [-0.4, -0.2) is 15.8 Å². The molecule has 8 heteroatoms. The van der Waals surface area contributed by atoms with Crippen LogP contribution in [0.25, 0.3) is 0 Å². The number of pyridine rings is 1. The number of anilines is 1. The predicted octanol–water partition coefficient (Wildman–Crippen LogP) is 3.14. The molecule has 20 heavy (non-hydrogen) atoms. The van der Waals surface area contributed by atoms with Gasteiger partial charge in [-0.05, 0) is 40.2 Å². The number of nitrogens with one attached hydrogen (secondary N) is 1. The molecular weight excluding hydrogens is 333 g/mol. The summed E-state index contributed by atoms with van der Waals surface area (Å²) >= 11 is 3.03. The van der Waals surface area contributed by atoms with E-state index in [2.05, 4.69) is 26.2 Å². The van der Waals surface area contributed by atoms with Crippen LogP contribution < -0.4 is 5.32 Å². The first-order valence-corrected chi connectivity index (χ1v) is 6.13. The summed E-state index contributed by atoms with van der Waals surface area (Å²) in [7, 11) is 0. The van der Waals surface area contributed by atoms with Gasteiger partial charge in [0.25, 0.3) is 11.6 Å². The highest BCUT2D eigenvalue weighted by Gasteiger charge is 2.16. The van der Waals surface area contributed by atoms with Crippen molar-refractivity contribution in [2.45, 2.75) is 0 Å². The van der Waals surface area contributed by atoms with Gasteiger partial charge < -0.3 is 5.32 Å². The highest BCUT2D eigenvalue weighted by molar-refractivity contribution is 9.10. The monoisotopic (exact) mass is 339 g/mol. The average Bonchev–Trinajstić information content (AvgIpc) is 2.41. The van der Waals surface area contributed by atoms with Gasteiger partial charge in [-0.15, -0.1) is 0 Å². The van der Waals surface area contributed by atoms with Crippen molar-refractivity contribution in [2.75, 3.05) is 5.32 Å². The topological polar surface area (TPSA) is 85.1 Å². The van der Waals surface area contributed by atoms with E-state index in [4.69, 9.17) is 0 Å². The van der Waals surface area contributed by atoms with Crippen molar-refractivity contribution in [1.29, 1.82) is 0 Å². The number of carbonyl (C=O) groups is 1. The first-order chi connectivity index (χ1) is 9.47. The third-order valence-corrected chi connectivity index (χ3v) is 3.04. The molecule has 1 aromatic heterocycles. The third-order valence-electron chi connectivity index (χ3n) is 2.37. The molecule has 0 radical (unpaired) electrons. The van der Waals surface area contributed by atoms with Crippen molar-refractivity contribution < 1.29 is 14.1 Å². The number of amides is 1. The van der Waals surface area contributed by atoms with E-state index in [1.807, 2.05) is 0 Å². The lowest BCUT2D eigenvalue weighted by molar-refractivity contribution is -0.385. The van der Waals surface area contributed by atoms with Gasteiger partial charge in [-0.1, -0.05) is 0 Å². The summed E-state index contributed by atoms with van der Waals surface area (Å²) in [5, 5.41) is 13.2. The van der Waals surface area contributed by atoms with E-state index >= 15 is 0 Å². The van der Waals surface area contributed by atoms with E-state index in [9.17, 15) is 19.3 Å². The van der Waals surface area contributed by atoms with Crippen molar-refractivity contribution in [3.8, 4) is 0 Å². The molecule has 0 unspecified atom stereocenters. The molecule has 0 bridgehead atoms. The summed E-state index contributed by atoms with van der Waals surface area (Å²) in [5.74, 6) is -0.941. The minimum Gasteiger partial charge on any atom is -0.307 e. The molecule has 0 aliphatic rings. The van der Waals surface area contributed by atoms with Crippen LogP contribution in [0.5, 0.6) is 0 Å². The summed E-state index contributed by atoms with van der Waals surface area (Å²) in [6, 6.07) is 6.41. The van der Waals surface area contributed by atoms with Crippen LogP contribution in [0.3, 0.4) is 0 Å². The number of benzene rings is 1. The Hall–Kier alpha value is -2.35. The number of hydrogen-bond donors (Lipinski definition) is 1. The molecule has 1 heterocycles. The van der Waals surface area contributed by atoms with E-state index in [1.54, 1.807) is 0 Å². The fourth-order valence-electron chi connectivity index (χ4n) is 1.43. The van der Waals surface area contributed by atoms with Gasteiger partial charge in [0.2, 0.25) is 0 Å². The van der Waals surface area contributed by atoms with Crippen LogP contribution in [0.2, 0.25) is 0 Å². The molecule has 1 aromatic carbocycles. The summed E-state index contributed by atoms with van der Waals surface area (Å²) in [6.45, 7) is 0. The summed E-state index contributed by atoms with van der Waals surface area (Å²) in [5.41, 5.74) is -0.115. The first kappa shape index (κ1) is 14.1. The number of nitrogens with zero attached hydrogens (tertiary/aromatic N) is 2. The number of nitro benzene ring substituents is 1. The second-order valence-electron chi connectivity index (χ2n) is 3.74. The molecule has 0 saturated heterocycles. The largest absolute Gasteiger partial charge is 0.307 e. The van der Waals surface area contributed by atoms with E-state index < -0.39 is 16.6 Å². The lowest BCUT2D eigenvalue weighted by atomic mass is 10.2. The number of halogens is 2. The Labute approximate surface area is 120 Å². The van der Waals surface area contributed by atoms with Gasteiger partial charge in [0, 0.05) is 11.6 Å². The van der Waals surface area contributed by atoms with Gasteiger partial charge in [0.05, 0.1) is 15.6 Å². The van der Waals surface area contributed by atoms with Gasteiger partial charge >= 0.3 is 0 Å². The highest BCUT2D eigenvalue weighted by atomic mass is 79.9. The van der Waals surface area contributed by atoms with Crippen molar-refractivity contribution in [2.24, 2.45) is 0 Å². The van der Waals surface area contributed by atoms with E-state index in [-0.39, 0.29) is 21.5 Å². The van der Waals surface area contributed by atoms with Crippen LogP contribution in [0.4, 0.5) is 15.9 Å². The Balaban J connectivity index is 2.23. The van der Waals surface area contributed by atoms with Crippen molar-refractivity contribution in [3.05, 3.63) is 62.5 Å². The molecule has 0 fully saturated rings. The molecule has 102 valence electrons. The number of hydrogen-bond acceptors (Lipinski definition) is 4. The standard InChI is InChI=1S/C12H7BrFN3O3/c13-9-3-1-7(5-10(9)17(19)20)12(18)16-11-4-2-8(14)6-15-11/h1-6H,(H,15,16,18). The highest BCUT2D eigenvalue weighted by Crippen LogP contribution is 2.25. The molecule has 0 saturated carbocycles. The molecule has 0 aliphatic carbocycles. The summed E-state index contributed by atoms with van der Waals surface area (Å²) < 4.78 is 13.0. The molecule has 0 spiro atoms. The lowest BCUT2D eigenvalue weighted by Gasteiger charge is -2.04. The second kappa shape index (κ2) is 5.74. The zero-order valence-corrected chi connectivity index (χ0v) is 11.4. The summed E-state index contributed by atoms with van der Waals surface area (Å²) in [6.07, 6.45) is 0.958. The quantitative estimate of drug-likeness (QED) is 0.687. The number of aromatic nitrogens is 1. The second-order valence-corrected chi connectivity index (χ2v) is 4.59. The molecule has 6 nitrogen and oxygen atoms in total. The van der Waals surface area contributed by atoms with Gasteiger partial charge in [0.15, 0.2) is 0 Å². The van der Waals surface area contributed by atoms with Crippen LogP contribution in [0.1, 0.15) is 10.4 Å². The maximum atomic E-state index is 12.7. The maximum Gasteiger partial charge on any atom is 0.284 e. The third kappa shape index (κ3) is 3.15. The first-order valence-electron chi connectivity index (χ1n) is 5.34. The zero-order valence-electron chi connectivity index (χ0n) is 9.84. The average molecular weight is 340 g/mol. The van der Waals surface area contributed by atoms with Gasteiger partial charge in [-0.3, -0.25) is 14.9 Å². The Morgan fingerprint density at radius 1 is 1.35 bits per heavy atom. The van der Waals surface area contributed by atoms with Crippen molar-refractivity contribution in [3.63, 3.8) is 0 Å². The maximum absolute atomic E-state index is 12.7. The zero-order chi connectivity index (χ0) is 14.7. The molecule has 1 N–H and O–H groups in total. The Bertz CT molecular complexity index is 676. The molecule has 2 aromatic rings. The van der Waals surface area contributed by atoms with Crippen LogP contribution in [0, 0.1) is 15.9 Å². The Morgan fingerprint density at radius 3 is 2.70 bits per heavy atom. The molecule has 1 amide bonds. The number of carbonyl (C=O) groups excluding carboxylic acids is 1. The molecule has 0 atom stereocenters. The van der Waals surface area contributed by atoms with E-state index in [0.29, 0.717) is 0 Å². The number of nitro groups is 1. The summed E-state index contributed by atoms with van der Waals surface area (Å²) in [4.78, 5) is 25.8. The van der Waals surface area contributed by atoms with Gasteiger partial charge in [0.1, 0.15) is 11.6 Å². The molecular formula is C12H7BrFN3O3. The van der Waals surface area contributed by atoms with E-state index in [0.717, 1.165) is 18.3 Å². The van der Waals surface area contributed by atoms with Crippen LogP contribution in [-0.2, 0) is 0 Å². The minimum absolute atomic E-state index is 0.103.